The third-order valence-electron chi connectivity index (χ3n) is 9.82. The summed E-state index contributed by atoms with van der Waals surface area (Å²) in [5, 5.41) is 21.0. The number of fused-ring (bicyclic) bond motifs is 5. The quantitative estimate of drug-likeness (QED) is 0.373. The van der Waals surface area contributed by atoms with E-state index >= 15 is 0 Å². The molecule has 1 aromatic rings. The second-order valence-corrected chi connectivity index (χ2v) is 11.9. The maximum Gasteiger partial charge on any atom is 0.222 e. The molecule has 1 aromatic carbocycles. The van der Waals surface area contributed by atoms with Crippen LogP contribution in [0.3, 0.4) is 0 Å². The van der Waals surface area contributed by atoms with Gasteiger partial charge in [0.1, 0.15) is 5.75 Å². The number of nitrogens with zero attached hydrogens (tertiary/aromatic N) is 1. The molecule has 0 spiro atoms. The number of rotatable bonds is 10. The number of hydrogen-bond donors (Lipinski definition) is 2. The number of aromatic hydroxyl groups is 1. The van der Waals surface area contributed by atoms with Gasteiger partial charge in [0.15, 0.2) is 0 Å². The first kappa shape index (κ1) is 25.5. The molecule has 4 nitrogen and oxygen atoms in total. The molecule has 0 bridgehead atoms. The van der Waals surface area contributed by atoms with Crippen LogP contribution in [0.1, 0.15) is 120 Å². The predicted octanol–water partition coefficient (Wildman–Crippen LogP) is 6.75. The van der Waals surface area contributed by atoms with Crippen LogP contribution in [0.5, 0.6) is 5.75 Å². The van der Waals surface area contributed by atoms with Crippen molar-refractivity contribution in [2.75, 3.05) is 13.6 Å². The van der Waals surface area contributed by atoms with Crippen molar-refractivity contribution >= 4 is 5.91 Å². The summed E-state index contributed by atoms with van der Waals surface area (Å²) >= 11 is 0. The minimum absolute atomic E-state index is 0.0942. The average molecular weight is 470 g/mol. The molecule has 6 atom stereocenters. The first-order valence-electron chi connectivity index (χ1n) is 14.1. The summed E-state index contributed by atoms with van der Waals surface area (Å²) in [5.41, 5.74) is 2.95. The summed E-state index contributed by atoms with van der Waals surface area (Å²) < 4.78 is 0. The zero-order valence-electron chi connectivity index (χ0n) is 21.8. The molecule has 0 heterocycles. The number of aliphatic hydroxyl groups excluding tert-OH is 1. The van der Waals surface area contributed by atoms with Gasteiger partial charge in [-0.1, -0.05) is 45.6 Å². The molecule has 2 fully saturated rings. The van der Waals surface area contributed by atoms with Gasteiger partial charge in [0.05, 0.1) is 6.10 Å². The molecule has 190 valence electrons. The van der Waals surface area contributed by atoms with E-state index in [1.807, 2.05) is 24.1 Å². The van der Waals surface area contributed by atoms with Crippen molar-refractivity contribution in [3.63, 3.8) is 0 Å². The number of aliphatic hydroxyl groups is 1. The van der Waals surface area contributed by atoms with Crippen LogP contribution in [-0.2, 0) is 4.79 Å². The highest BCUT2D eigenvalue weighted by Crippen LogP contribution is 2.62. The van der Waals surface area contributed by atoms with E-state index in [1.54, 1.807) is 0 Å². The molecule has 0 aromatic heterocycles. The lowest BCUT2D eigenvalue weighted by molar-refractivity contribution is -0.130. The average Bonchev–Trinajstić information content (AvgIpc) is 3.13. The van der Waals surface area contributed by atoms with E-state index in [4.69, 9.17) is 0 Å². The van der Waals surface area contributed by atoms with E-state index in [1.165, 1.54) is 43.2 Å². The highest BCUT2D eigenvalue weighted by atomic mass is 16.3. The molecule has 3 aliphatic carbocycles. The van der Waals surface area contributed by atoms with Crippen molar-refractivity contribution in [2.24, 2.45) is 17.3 Å². The molecule has 2 N–H and O–H groups in total. The lowest BCUT2D eigenvalue weighted by atomic mass is 9.53. The van der Waals surface area contributed by atoms with Crippen LogP contribution in [0, 0.1) is 17.3 Å². The second-order valence-electron chi connectivity index (χ2n) is 11.9. The number of unbranched alkanes of at least 4 members (excludes halogenated alkanes) is 4. The van der Waals surface area contributed by atoms with Gasteiger partial charge in [0.25, 0.3) is 0 Å². The van der Waals surface area contributed by atoms with E-state index in [-0.39, 0.29) is 17.4 Å². The number of amides is 1. The van der Waals surface area contributed by atoms with E-state index in [0.29, 0.717) is 35.8 Å². The SMILES string of the molecule is CCCCN(C)C(=O)CCCCCC[C@H]1C[C@@H]2[C@H](CC[C@]3(C)[C@@H](O)CC[C@@H]23)c2ccc(O)cc21. The van der Waals surface area contributed by atoms with Crippen LogP contribution in [-0.4, -0.2) is 40.7 Å². The van der Waals surface area contributed by atoms with Crippen molar-refractivity contribution in [1.29, 1.82) is 0 Å². The molecule has 0 unspecified atom stereocenters. The Kier molecular flexibility index (Phi) is 8.28. The Bertz CT molecular complexity index is 838. The molecular weight excluding hydrogens is 422 g/mol. The normalized spacial score (nSPS) is 32.1. The number of benzene rings is 1. The van der Waals surface area contributed by atoms with Gasteiger partial charge in [-0.05, 0) is 104 Å². The van der Waals surface area contributed by atoms with Gasteiger partial charge in [-0.2, -0.15) is 0 Å². The largest absolute Gasteiger partial charge is 0.508 e. The number of carbonyl (C=O) groups excluding carboxylic acids is 1. The van der Waals surface area contributed by atoms with Crippen LogP contribution < -0.4 is 0 Å². The molecule has 2 saturated carbocycles. The fraction of sp³-hybridized carbons (Fsp3) is 0.767. The van der Waals surface area contributed by atoms with Crippen molar-refractivity contribution < 1.29 is 15.0 Å². The highest BCUT2D eigenvalue weighted by molar-refractivity contribution is 5.75. The third kappa shape index (κ3) is 5.17. The lowest BCUT2D eigenvalue weighted by Gasteiger charge is -2.51. The Labute approximate surface area is 207 Å². The molecule has 3 aliphatic rings. The van der Waals surface area contributed by atoms with Gasteiger partial charge < -0.3 is 15.1 Å². The zero-order valence-corrected chi connectivity index (χ0v) is 21.8. The van der Waals surface area contributed by atoms with Crippen molar-refractivity contribution in [2.45, 2.75) is 115 Å². The summed E-state index contributed by atoms with van der Waals surface area (Å²) in [5.74, 6) is 3.06. The third-order valence-corrected chi connectivity index (χ3v) is 9.82. The van der Waals surface area contributed by atoms with E-state index in [0.717, 1.165) is 51.5 Å². The monoisotopic (exact) mass is 469 g/mol. The summed E-state index contributed by atoms with van der Waals surface area (Å²) in [6.07, 6.45) is 14.0. The summed E-state index contributed by atoms with van der Waals surface area (Å²) in [6, 6.07) is 6.12. The topological polar surface area (TPSA) is 60.8 Å². The van der Waals surface area contributed by atoms with Gasteiger partial charge in [0.2, 0.25) is 5.91 Å². The highest BCUT2D eigenvalue weighted by Gasteiger charge is 2.55. The Hall–Kier alpha value is -1.55. The minimum Gasteiger partial charge on any atom is -0.508 e. The van der Waals surface area contributed by atoms with E-state index in [9.17, 15) is 15.0 Å². The van der Waals surface area contributed by atoms with Crippen molar-refractivity contribution in [3.8, 4) is 5.75 Å². The van der Waals surface area contributed by atoms with Crippen LogP contribution in [0.4, 0.5) is 0 Å². The number of hydrogen-bond acceptors (Lipinski definition) is 3. The van der Waals surface area contributed by atoms with Gasteiger partial charge in [-0.25, -0.2) is 0 Å². The molecule has 4 rings (SSSR count). The van der Waals surface area contributed by atoms with Gasteiger partial charge in [-0.3, -0.25) is 4.79 Å². The molecule has 1 amide bonds. The van der Waals surface area contributed by atoms with Gasteiger partial charge in [0, 0.05) is 20.0 Å². The standard InChI is InChI=1S/C30H47NO3/c1-4-5-18-31(3)29(34)11-9-7-6-8-10-21-19-26-24(23-13-12-22(32)20-25(21)23)16-17-30(2)27(26)14-15-28(30)33/h12-13,20-21,24,26-28,32-33H,4-11,14-19H2,1-3H3/t21-,24+,26+,27-,28-,30-/m0/s1. The van der Waals surface area contributed by atoms with Crippen LogP contribution in [0.2, 0.25) is 0 Å². The lowest BCUT2D eigenvalue weighted by Crippen LogP contribution is -2.44. The van der Waals surface area contributed by atoms with E-state index in [2.05, 4.69) is 19.9 Å². The van der Waals surface area contributed by atoms with Crippen molar-refractivity contribution in [1.82, 2.24) is 4.90 Å². The number of phenols is 1. The second kappa shape index (κ2) is 11.0. The predicted molar refractivity (Wildman–Crippen MR) is 138 cm³/mol. The summed E-state index contributed by atoms with van der Waals surface area (Å²) in [4.78, 5) is 14.1. The Balaban J connectivity index is 1.33. The number of carbonyl (C=O) groups is 1. The molecule has 34 heavy (non-hydrogen) atoms. The van der Waals surface area contributed by atoms with Crippen molar-refractivity contribution in [3.05, 3.63) is 29.3 Å². The van der Waals surface area contributed by atoms with Crippen LogP contribution in [0.15, 0.2) is 18.2 Å². The Morgan fingerprint density at radius 1 is 1.09 bits per heavy atom. The van der Waals surface area contributed by atoms with Crippen LogP contribution >= 0.6 is 0 Å². The minimum atomic E-state index is -0.137. The maximum absolute atomic E-state index is 12.3. The first-order valence-corrected chi connectivity index (χ1v) is 14.1. The fourth-order valence-corrected chi connectivity index (χ4v) is 7.69. The molecule has 0 aliphatic heterocycles. The Morgan fingerprint density at radius 2 is 1.88 bits per heavy atom. The van der Waals surface area contributed by atoms with Gasteiger partial charge in [-0.15, -0.1) is 0 Å². The smallest absolute Gasteiger partial charge is 0.222 e. The molecular formula is C30H47NO3. The summed E-state index contributed by atoms with van der Waals surface area (Å²) in [6.45, 7) is 5.38. The van der Waals surface area contributed by atoms with Gasteiger partial charge >= 0.3 is 0 Å². The summed E-state index contributed by atoms with van der Waals surface area (Å²) in [7, 11) is 1.93. The first-order chi connectivity index (χ1) is 16.3. The zero-order chi connectivity index (χ0) is 24.3. The van der Waals surface area contributed by atoms with Crippen LogP contribution in [0.25, 0.3) is 0 Å². The fourth-order valence-electron chi connectivity index (χ4n) is 7.69. The van der Waals surface area contributed by atoms with E-state index < -0.39 is 0 Å². The molecule has 0 saturated heterocycles. The Morgan fingerprint density at radius 3 is 2.68 bits per heavy atom. The molecule has 0 radical (unpaired) electrons. The number of phenolic OH excluding ortho intramolecular Hbond substituents is 1. The molecule has 4 heteroatoms. The maximum atomic E-state index is 12.3.